The maximum Gasteiger partial charge on any atom is 0.501 e. The van der Waals surface area contributed by atoms with Crippen LogP contribution >= 0.6 is 0 Å². The van der Waals surface area contributed by atoms with Gasteiger partial charge in [-0.15, -0.1) is 0 Å². The summed E-state index contributed by atoms with van der Waals surface area (Å²) in [6, 6.07) is 0.875. The molecule has 3 atom stereocenters. The van der Waals surface area contributed by atoms with Crippen molar-refractivity contribution < 1.29 is 13.3 Å². The summed E-state index contributed by atoms with van der Waals surface area (Å²) in [7, 11) is 0.392. The largest absolute Gasteiger partial charge is 0.501 e. The Bertz CT molecular complexity index is 256. The molecule has 0 spiro atoms. The summed E-state index contributed by atoms with van der Waals surface area (Å²) < 4.78 is 18.1. The highest BCUT2D eigenvalue weighted by Crippen LogP contribution is 2.43. The van der Waals surface area contributed by atoms with Crippen molar-refractivity contribution in [3.05, 3.63) is 0 Å². The molecule has 1 heterocycles. The molecular weight excluding hydrogens is 238 g/mol. The van der Waals surface area contributed by atoms with Crippen LogP contribution in [0.1, 0.15) is 32.1 Å². The first kappa shape index (κ1) is 12.7. The third-order valence-electron chi connectivity index (χ3n) is 3.78. The lowest BCUT2D eigenvalue weighted by molar-refractivity contribution is 0.0724. The first-order chi connectivity index (χ1) is 7.64. The Hall–Kier alpha value is 0.274. The molecule has 1 aliphatic carbocycles. The van der Waals surface area contributed by atoms with E-state index >= 15 is 0 Å². The van der Waals surface area contributed by atoms with E-state index in [0.717, 1.165) is 35.5 Å². The Morgan fingerprint density at radius 1 is 1.56 bits per heavy atom. The quantitative estimate of drug-likeness (QED) is 0.722. The summed E-state index contributed by atoms with van der Waals surface area (Å²) in [6.07, 6.45) is 6.08. The number of fused-ring (bicyclic) bond motifs is 1. The number of rotatable bonds is 4. The highest BCUT2D eigenvalue weighted by Gasteiger charge is 2.58. The topological polar surface area (TPSA) is 53.7 Å². The van der Waals surface area contributed by atoms with Crippen LogP contribution in [0.2, 0.25) is 6.04 Å². The van der Waals surface area contributed by atoms with E-state index in [0.29, 0.717) is 12.6 Å². The molecule has 0 aromatic carbocycles. The average molecular weight is 261 g/mol. The fraction of sp³-hybridized carbons (Fsp3) is 1.00. The molecule has 2 N–H and O–H groups in total. The zero-order valence-corrected chi connectivity index (χ0v) is 13.3. The van der Waals surface area contributed by atoms with Crippen molar-refractivity contribution in [1.82, 2.24) is 0 Å². The molecule has 0 radical (unpaired) electrons. The van der Waals surface area contributed by atoms with Crippen molar-refractivity contribution in [2.45, 2.75) is 49.5 Å². The van der Waals surface area contributed by atoms with Gasteiger partial charge < -0.3 is 19.0 Å². The minimum atomic E-state index is -2.37. The van der Waals surface area contributed by atoms with Crippen molar-refractivity contribution in [2.75, 3.05) is 13.7 Å². The summed E-state index contributed by atoms with van der Waals surface area (Å²) in [6.45, 7) is 0.684. The molecule has 2 rings (SSSR count). The van der Waals surface area contributed by atoms with Crippen LogP contribution in [0, 0.1) is 0 Å². The van der Waals surface area contributed by atoms with Crippen LogP contribution in [0.3, 0.4) is 0 Å². The molecule has 6 heteroatoms. The van der Waals surface area contributed by atoms with Crippen molar-refractivity contribution in [2.24, 2.45) is 5.73 Å². The van der Waals surface area contributed by atoms with Gasteiger partial charge in [0.2, 0.25) is 0 Å². The molecule has 2 aliphatic rings. The van der Waals surface area contributed by atoms with E-state index in [-0.39, 0.29) is 5.22 Å². The standard InChI is InChI=1S/C10H23NO3Si2/c1-12-16(8-4-7-11)13-9-5-2-3-6-10(9,15)14-16/h9H,2-8,11H2,1,15H3. The summed E-state index contributed by atoms with van der Waals surface area (Å²) in [4.78, 5) is 0. The van der Waals surface area contributed by atoms with Crippen LogP contribution in [0.4, 0.5) is 0 Å². The highest BCUT2D eigenvalue weighted by molar-refractivity contribution is 6.62. The van der Waals surface area contributed by atoms with Crippen LogP contribution in [-0.2, 0) is 13.3 Å². The molecule has 2 fully saturated rings. The van der Waals surface area contributed by atoms with E-state index in [1.807, 2.05) is 0 Å². The summed E-state index contributed by atoms with van der Waals surface area (Å²) >= 11 is 0. The molecule has 1 saturated heterocycles. The van der Waals surface area contributed by atoms with Gasteiger partial charge in [0.05, 0.1) is 11.3 Å². The third kappa shape index (κ3) is 2.27. The van der Waals surface area contributed by atoms with Gasteiger partial charge in [0.25, 0.3) is 0 Å². The van der Waals surface area contributed by atoms with Gasteiger partial charge in [-0.3, -0.25) is 0 Å². The fourth-order valence-corrected chi connectivity index (χ4v) is 7.75. The molecule has 1 saturated carbocycles. The van der Waals surface area contributed by atoms with Gasteiger partial charge >= 0.3 is 8.80 Å². The van der Waals surface area contributed by atoms with Gasteiger partial charge in [0.1, 0.15) is 0 Å². The SMILES string of the molecule is CO[Si]1(CCCN)OC2CCCCC2([SiH3])O1. The second-order valence-electron chi connectivity index (χ2n) is 5.05. The second-order valence-corrected chi connectivity index (χ2v) is 9.45. The molecule has 0 bridgehead atoms. The lowest BCUT2D eigenvalue weighted by Crippen LogP contribution is -2.45. The van der Waals surface area contributed by atoms with E-state index in [9.17, 15) is 0 Å². The number of hydrogen-bond acceptors (Lipinski definition) is 4. The fourth-order valence-electron chi connectivity index (χ4n) is 2.79. The summed E-state index contributed by atoms with van der Waals surface area (Å²) in [5, 5.41) is 0.0368. The monoisotopic (exact) mass is 261 g/mol. The molecule has 0 amide bonds. The highest BCUT2D eigenvalue weighted by atomic mass is 28.4. The second kappa shape index (κ2) is 4.87. The van der Waals surface area contributed by atoms with Crippen molar-refractivity contribution in [3.8, 4) is 0 Å². The van der Waals surface area contributed by atoms with Gasteiger partial charge in [0.15, 0.2) is 0 Å². The van der Waals surface area contributed by atoms with Gasteiger partial charge in [-0.05, 0) is 25.8 Å². The maximum absolute atomic E-state index is 6.29. The smallest absolute Gasteiger partial charge is 0.377 e. The minimum absolute atomic E-state index is 0.0368. The predicted molar refractivity (Wildman–Crippen MR) is 68.3 cm³/mol. The van der Waals surface area contributed by atoms with Gasteiger partial charge in [0, 0.05) is 23.4 Å². The Labute approximate surface area is 102 Å². The third-order valence-corrected chi connectivity index (χ3v) is 8.54. The first-order valence-electron chi connectivity index (χ1n) is 6.27. The Kier molecular flexibility index (Phi) is 3.87. The van der Waals surface area contributed by atoms with Crippen LogP contribution in [-0.4, -0.2) is 44.0 Å². The number of nitrogens with two attached hydrogens (primary N) is 1. The summed E-state index contributed by atoms with van der Waals surface area (Å²) in [5.41, 5.74) is 5.56. The minimum Gasteiger partial charge on any atom is -0.377 e. The molecule has 0 aromatic heterocycles. The van der Waals surface area contributed by atoms with Crippen LogP contribution in [0.5, 0.6) is 0 Å². The lowest BCUT2D eigenvalue weighted by atomic mass is 9.94. The average Bonchev–Trinajstić information content (AvgIpc) is 2.59. The maximum atomic E-state index is 6.29. The van der Waals surface area contributed by atoms with Crippen LogP contribution in [0.15, 0.2) is 0 Å². The van der Waals surface area contributed by atoms with Crippen LogP contribution < -0.4 is 5.73 Å². The van der Waals surface area contributed by atoms with E-state index < -0.39 is 8.80 Å². The normalized spacial score (nSPS) is 43.5. The molecular formula is C10H23NO3Si2. The lowest BCUT2D eigenvalue weighted by Gasteiger charge is -2.33. The zero-order chi connectivity index (χ0) is 11.6. The van der Waals surface area contributed by atoms with Gasteiger partial charge in [-0.25, -0.2) is 0 Å². The van der Waals surface area contributed by atoms with Crippen molar-refractivity contribution in [3.63, 3.8) is 0 Å². The molecule has 0 aromatic rings. The predicted octanol–water partition coefficient (Wildman–Crippen LogP) is -0.0284. The van der Waals surface area contributed by atoms with Crippen molar-refractivity contribution in [1.29, 1.82) is 0 Å². The number of hydrogen-bond donors (Lipinski definition) is 1. The molecule has 94 valence electrons. The molecule has 4 nitrogen and oxygen atoms in total. The molecule has 16 heavy (non-hydrogen) atoms. The first-order valence-corrected chi connectivity index (χ1v) is 9.20. The van der Waals surface area contributed by atoms with Crippen LogP contribution in [0.25, 0.3) is 0 Å². The van der Waals surface area contributed by atoms with Gasteiger partial charge in [-0.1, -0.05) is 12.8 Å². The van der Waals surface area contributed by atoms with E-state index in [2.05, 4.69) is 0 Å². The van der Waals surface area contributed by atoms with Gasteiger partial charge in [-0.2, -0.15) is 0 Å². The van der Waals surface area contributed by atoms with E-state index in [4.69, 9.17) is 19.0 Å². The van der Waals surface area contributed by atoms with E-state index in [1.165, 1.54) is 12.8 Å². The zero-order valence-electron chi connectivity index (χ0n) is 10.3. The molecule has 3 unspecified atom stereocenters. The van der Waals surface area contributed by atoms with Crippen molar-refractivity contribution >= 4 is 19.0 Å². The summed E-state index contributed by atoms with van der Waals surface area (Å²) in [5.74, 6) is 0. The van der Waals surface area contributed by atoms with E-state index in [1.54, 1.807) is 7.11 Å². The Morgan fingerprint density at radius 3 is 3.00 bits per heavy atom. The Morgan fingerprint density at radius 2 is 2.38 bits per heavy atom. The Balaban J connectivity index is 2.07. The molecule has 1 aliphatic heterocycles.